The molecule has 6 unspecified atom stereocenters. The van der Waals surface area contributed by atoms with E-state index < -0.39 is 40.8 Å². The molecule has 1 heterocycles. The van der Waals surface area contributed by atoms with Crippen LogP contribution in [0.4, 0.5) is 21.0 Å². The Bertz CT molecular complexity index is 2830. The van der Waals surface area contributed by atoms with Crippen molar-refractivity contribution < 1.29 is 58.0 Å². The molecule has 0 radical (unpaired) electrons. The van der Waals surface area contributed by atoms with Gasteiger partial charge in [-0.05, 0) is 109 Å². The highest BCUT2D eigenvalue weighted by molar-refractivity contribution is 6.03. The Hall–Kier alpha value is -7.47. The molecular formula is C56H62N4O13. The van der Waals surface area contributed by atoms with Crippen LogP contribution in [-0.2, 0) is 16.1 Å². The van der Waals surface area contributed by atoms with Gasteiger partial charge in [-0.1, -0.05) is 72.6 Å². The first-order chi connectivity index (χ1) is 35.6. The topological polar surface area (TPSA) is 210 Å². The van der Waals surface area contributed by atoms with E-state index in [1.54, 1.807) is 41.3 Å². The quantitative estimate of drug-likeness (QED) is 0.0255. The first-order valence-electron chi connectivity index (χ1n) is 24.7. The second-order valence-electron chi connectivity index (χ2n) is 18.2. The van der Waals surface area contributed by atoms with E-state index in [2.05, 4.69) is 18.0 Å². The van der Waals surface area contributed by atoms with Gasteiger partial charge in [0.05, 0.1) is 49.6 Å². The number of nitro benzene ring substituents is 1. The van der Waals surface area contributed by atoms with Crippen LogP contribution in [0.25, 0.3) is 10.8 Å². The molecule has 0 spiro atoms. The predicted octanol–water partition coefficient (Wildman–Crippen LogP) is 10.7. The number of rotatable bonds is 22. The molecule has 384 valence electrons. The Morgan fingerprint density at radius 1 is 0.904 bits per heavy atom. The Kier molecular flexibility index (Phi) is 16.9. The van der Waals surface area contributed by atoms with Crippen molar-refractivity contribution in [2.45, 2.75) is 76.2 Å². The van der Waals surface area contributed by atoms with E-state index in [4.69, 9.17) is 38.4 Å². The van der Waals surface area contributed by atoms with Crippen LogP contribution in [0.15, 0.2) is 133 Å². The highest BCUT2D eigenvalue weighted by atomic mass is 16.7. The number of amides is 2. The molecule has 5 aromatic rings. The smallest absolute Gasteiger partial charge is 0.417 e. The standard InChI is InChI=1S/C56H62N4O13/c1-5-30-69-56-51(59(35-38-17-13-16-36-14-7-8-18-43(36)38)55(64)72-40-22-20-39(21-23-40)60(65)66)34-48(58-70-6-2)45-31-37(15-9-11-28-61)44(19-10-12-29-62)52(53(45)56)46-32-42(25-27-49(46)73-56)71-54(63)57-47-26-24-41(67-3)33-50(47)68-4/h5,7-8,13-14,16-18,20-27,31-33,37,44,51-53,61-62H,1,6,9-12,15,19,28-30,34-35H2,2-4H3,(H,57,63). The molecular weight excluding hydrogens is 937 g/mol. The predicted molar refractivity (Wildman–Crippen MR) is 274 cm³/mol. The van der Waals surface area contributed by atoms with Crippen molar-refractivity contribution in [2.75, 3.05) is 46.0 Å². The van der Waals surface area contributed by atoms with Crippen molar-refractivity contribution in [1.82, 2.24) is 4.90 Å². The highest BCUT2D eigenvalue weighted by Crippen LogP contribution is 2.62. The van der Waals surface area contributed by atoms with Crippen molar-refractivity contribution in [3.05, 3.63) is 149 Å². The fraction of sp³-hybridized carbons (Fsp3) is 0.375. The molecule has 73 heavy (non-hydrogen) atoms. The molecule has 0 saturated heterocycles. The second kappa shape index (κ2) is 23.8. The van der Waals surface area contributed by atoms with Crippen LogP contribution < -0.4 is 29.0 Å². The third-order valence-electron chi connectivity index (χ3n) is 13.9. The van der Waals surface area contributed by atoms with Gasteiger partial charge in [0, 0.05) is 49.3 Å². The number of fused-ring (bicyclic) bond motifs is 3. The summed E-state index contributed by atoms with van der Waals surface area (Å²) >= 11 is 0. The minimum Gasteiger partial charge on any atom is -0.497 e. The number of oxime groups is 1. The summed E-state index contributed by atoms with van der Waals surface area (Å²) in [6, 6.07) is 28.3. The molecule has 0 bridgehead atoms. The molecule has 3 N–H and O–H groups in total. The van der Waals surface area contributed by atoms with E-state index in [0.717, 1.165) is 40.3 Å². The summed E-state index contributed by atoms with van der Waals surface area (Å²) in [4.78, 5) is 47.6. The van der Waals surface area contributed by atoms with E-state index in [1.165, 1.54) is 38.5 Å². The lowest BCUT2D eigenvalue weighted by atomic mass is 9.55. The minimum atomic E-state index is -1.67. The number of hydrogen-bond acceptors (Lipinski definition) is 14. The number of ether oxygens (including phenoxy) is 6. The fourth-order valence-electron chi connectivity index (χ4n) is 10.7. The van der Waals surface area contributed by atoms with Gasteiger partial charge in [-0.3, -0.25) is 20.3 Å². The lowest BCUT2D eigenvalue weighted by Gasteiger charge is -2.59. The number of carbonyl (C=O) groups excluding carboxylic acids is 2. The van der Waals surface area contributed by atoms with E-state index in [-0.39, 0.29) is 68.4 Å². The lowest BCUT2D eigenvalue weighted by Crippen LogP contribution is -2.70. The van der Waals surface area contributed by atoms with E-state index in [1.807, 2.05) is 55.5 Å². The molecule has 0 aromatic heterocycles. The number of nitrogens with zero attached hydrogens (tertiary/aromatic N) is 3. The Morgan fingerprint density at radius 3 is 2.37 bits per heavy atom. The van der Waals surface area contributed by atoms with Crippen LogP contribution in [0.2, 0.25) is 0 Å². The summed E-state index contributed by atoms with van der Waals surface area (Å²) in [5.74, 6) is -1.35. The van der Waals surface area contributed by atoms with E-state index >= 15 is 4.79 Å². The number of nitro groups is 1. The van der Waals surface area contributed by atoms with Crippen molar-refractivity contribution in [3.8, 4) is 28.7 Å². The summed E-state index contributed by atoms with van der Waals surface area (Å²) < 4.78 is 37.6. The average Bonchev–Trinajstić information content (AvgIpc) is 3.40. The molecule has 1 saturated carbocycles. The maximum absolute atomic E-state index is 15.3. The van der Waals surface area contributed by atoms with Gasteiger partial charge < -0.3 is 43.5 Å². The number of hydrogen-bond donors (Lipinski definition) is 3. The van der Waals surface area contributed by atoms with E-state index in [0.29, 0.717) is 54.3 Å². The minimum absolute atomic E-state index is 0.00246. The molecule has 17 heteroatoms. The SMILES string of the molecule is C=CCOC12Oc3ccc(OC(=O)Nc4ccc(OC)cc4OC)cc3C3C(CCCCO)C(CCCCO)C=C(C(=NOCC)CC1N(Cc1cccc4ccccc14)C(=O)Oc1ccc([N+](=O)[O-])cc1)C32. The highest BCUT2D eigenvalue weighted by Gasteiger charge is 2.66. The number of aliphatic hydroxyl groups excluding tert-OH is 2. The Labute approximate surface area is 424 Å². The molecule has 2 aliphatic carbocycles. The number of non-ortho nitro benzene ring substituents is 1. The van der Waals surface area contributed by atoms with E-state index in [9.17, 15) is 25.1 Å². The van der Waals surface area contributed by atoms with Gasteiger partial charge in [0.1, 0.15) is 41.4 Å². The summed E-state index contributed by atoms with van der Waals surface area (Å²) in [5.41, 5.74) is 3.11. The third-order valence-corrected chi connectivity index (χ3v) is 13.9. The van der Waals surface area contributed by atoms with Crippen molar-refractivity contribution in [2.24, 2.45) is 22.9 Å². The van der Waals surface area contributed by atoms with Gasteiger partial charge in [0.25, 0.3) is 5.69 Å². The summed E-state index contributed by atoms with van der Waals surface area (Å²) in [6.45, 7) is 6.18. The Balaban J connectivity index is 1.31. The molecule has 1 fully saturated rings. The number of anilines is 1. The van der Waals surface area contributed by atoms with Crippen LogP contribution in [0.3, 0.4) is 0 Å². The lowest BCUT2D eigenvalue weighted by molar-refractivity contribution is -0.384. The Morgan fingerprint density at radius 2 is 1.64 bits per heavy atom. The maximum atomic E-state index is 15.3. The fourth-order valence-corrected chi connectivity index (χ4v) is 10.7. The zero-order valence-corrected chi connectivity index (χ0v) is 41.3. The molecule has 2 amide bonds. The number of carbonyl (C=O) groups is 2. The monoisotopic (exact) mass is 998 g/mol. The van der Waals surface area contributed by atoms with Crippen molar-refractivity contribution >= 4 is 40.0 Å². The van der Waals surface area contributed by atoms with Crippen LogP contribution in [0.1, 0.15) is 68.9 Å². The van der Waals surface area contributed by atoms with Crippen LogP contribution >= 0.6 is 0 Å². The van der Waals surface area contributed by atoms with Crippen molar-refractivity contribution in [1.29, 1.82) is 0 Å². The molecule has 5 aromatic carbocycles. The third kappa shape index (κ3) is 11.3. The number of benzene rings is 5. The van der Waals surface area contributed by atoms with Crippen LogP contribution in [0.5, 0.6) is 28.7 Å². The van der Waals surface area contributed by atoms with Crippen LogP contribution in [-0.4, -0.2) is 90.4 Å². The van der Waals surface area contributed by atoms with Gasteiger partial charge in [-0.2, -0.15) is 0 Å². The number of allylic oxidation sites excluding steroid dienone is 1. The zero-order chi connectivity index (χ0) is 51.5. The number of aliphatic hydroxyl groups is 2. The van der Waals surface area contributed by atoms with Gasteiger partial charge in [0.2, 0.25) is 5.79 Å². The summed E-state index contributed by atoms with van der Waals surface area (Å²) in [7, 11) is 3.02. The van der Waals surface area contributed by atoms with Gasteiger partial charge in [-0.25, -0.2) is 9.59 Å². The summed E-state index contributed by atoms with van der Waals surface area (Å²) in [5, 5.41) is 41.1. The average molecular weight is 999 g/mol. The van der Waals surface area contributed by atoms with Gasteiger partial charge >= 0.3 is 12.2 Å². The first kappa shape index (κ1) is 51.9. The van der Waals surface area contributed by atoms with Gasteiger partial charge in [-0.15, -0.1) is 6.58 Å². The first-order valence-corrected chi connectivity index (χ1v) is 24.7. The molecule has 3 aliphatic rings. The normalized spacial score (nSPS) is 21.1. The largest absolute Gasteiger partial charge is 0.497 e. The molecule has 1 aliphatic heterocycles. The molecule has 8 rings (SSSR count). The van der Waals surface area contributed by atoms with Crippen molar-refractivity contribution in [3.63, 3.8) is 0 Å². The molecule has 17 nitrogen and oxygen atoms in total. The maximum Gasteiger partial charge on any atom is 0.417 e. The number of nitrogens with one attached hydrogen (secondary N) is 1. The zero-order valence-electron chi connectivity index (χ0n) is 41.3. The summed E-state index contributed by atoms with van der Waals surface area (Å²) in [6.07, 6.45) is 6.34. The number of methoxy groups -OCH3 is 2. The van der Waals surface area contributed by atoms with Crippen LogP contribution in [0, 0.1) is 27.9 Å². The molecule has 6 atom stereocenters. The van der Waals surface area contributed by atoms with Gasteiger partial charge in [0.15, 0.2) is 0 Å². The number of unbranched alkanes of at least 4 members (excludes halogenated alkanes) is 2. The second-order valence-corrected chi connectivity index (χ2v) is 18.2.